The number of hydrogen-bond acceptors (Lipinski definition) is 4. The molecule has 4 heteroatoms. The van der Waals surface area contributed by atoms with E-state index in [2.05, 4.69) is 4.99 Å². The van der Waals surface area contributed by atoms with Crippen molar-refractivity contribution >= 4 is 17.9 Å². The van der Waals surface area contributed by atoms with E-state index in [1.165, 1.54) is 0 Å². The summed E-state index contributed by atoms with van der Waals surface area (Å²) in [5, 5.41) is 0. The maximum absolute atomic E-state index is 11.8. The van der Waals surface area contributed by atoms with Crippen molar-refractivity contribution in [2.45, 2.75) is 20.8 Å². The lowest BCUT2D eigenvalue weighted by Crippen LogP contribution is -2.21. The molecule has 0 fully saturated rings. The van der Waals surface area contributed by atoms with E-state index in [1.807, 2.05) is 45.0 Å². The van der Waals surface area contributed by atoms with Crippen LogP contribution < -0.4 is 4.74 Å². The zero-order valence-electron chi connectivity index (χ0n) is 11.6. The molecule has 2 rings (SSSR count). The SMILES string of the molecule is COc1cccc(/C=C2/N=C(C(C)(C)C)OC2=O)c1. The van der Waals surface area contributed by atoms with Crippen molar-refractivity contribution < 1.29 is 14.3 Å². The molecule has 0 aromatic heterocycles. The number of nitrogens with zero attached hydrogens (tertiary/aromatic N) is 1. The van der Waals surface area contributed by atoms with Crippen LogP contribution in [-0.2, 0) is 9.53 Å². The first-order valence-electron chi connectivity index (χ1n) is 6.07. The normalized spacial score (nSPS) is 17.4. The van der Waals surface area contributed by atoms with Crippen LogP contribution in [0.5, 0.6) is 5.75 Å². The topological polar surface area (TPSA) is 47.9 Å². The Morgan fingerprint density at radius 3 is 2.63 bits per heavy atom. The molecule has 0 unspecified atom stereocenters. The number of aliphatic imine (C=N–C) groups is 1. The molecule has 4 nitrogen and oxygen atoms in total. The summed E-state index contributed by atoms with van der Waals surface area (Å²) in [6, 6.07) is 7.43. The van der Waals surface area contributed by atoms with Crippen molar-refractivity contribution in [1.82, 2.24) is 0 Å². The number of rotatable bonds is 2. The van der Waals surface area contributed by atoms with E-state index in [4.69, 9.17) is 9.47 Å². The third-order valence-corrected chi connectivity index (χ3v) is 2.66. The van der Waals surface area contributed by atoms with Gasteiger partial charge in [-0.25, -0.2) is 9.79 Å². The van der Waals surface area contributed by atoms with Crippen LogP contribution in [0.4, 0.5) is 0 Å². The molecule has 19 heavy (non-hydrogen) atoms. The standard InChI is InChI=1S/C15H17NO3/c1-15(2,3)14-16-12(13(17)19-14)9-10-6-5-7-11(8-10)18-4/h5-9H,1-4H3/b12-9+. The Morgan fingerprint density at radius 1 is 1.32 bits per heavy atom. The molecular weight excluding hydrogens is 242 g/mol. The summed E-state index contributed by atoms with van der Waals surface area (Å²) in [7, 11) is 1.60. The van der Waals surface area contributed by atoms with Crippen molar-refractivity contribution in [2.75, 3.05) is 7.11 Å². The van der Waals surface area contributed by atoms with E-state index in [0.717, 1.165) is 11.3 Å². The fourth-order valence-electron chi connectivity index (χ4n) is 1.62. The molecule has 0 bridgehead atoms. The number of cyclic esters (lactones) is 1. The molecule has 0 atom stereocenters. The van der Waals surface area contributed by atoms with E-state index >= 15 is 0 Å². The molecule has 1 aromatic carbocycles. The highest BCUT2D eigenvalue weighted by atomic mass is 16.6. The molecule has 1 aromatic rings. The Labute approximate surface area is 112 Å². The molecule has 1 heterocycles. The second kappa shape index (κ2) is 4.88. The van der Waals surface area contributed by atoms with Gasteiger partial charge in [-0.05, 0) is 23.8 Å². The van der Waals surface area contributed by atoms with Gasteiger partial charge in [-0.15, -0.1) is 0 Å². The predicted octanol–water partition coefficient (Wildman–Crippen LogP) is 3.04. The van der Waals surface area contributed by atoms with Gasteiger partial charge in [0.2, 0.25) is 5.90 Å². The molecule has 0 N–H and O–H groups in total. The summed E-state index contributed by atoms with van der Waals surface area (Å²) >= 11 is 0. The summed E-state index contributed by atoms with van der Waals surface area (Å²) in [5.41, 5.74) is 0.892. The van der Waals surface area contributed by atoms with Crippen molar-refractivity contribution in [3.63, 3.8) is 0 Å². The molecule has 0 aliphatic carbocycles. The number of methoxy groups -OCH3 is 1. The van der Waals surface area contributed by atoms with Crippen molar-refractivity contribution in [3.8, 4) is 5.75 Å². The fourth-order valence-corrected chi connectivity index (χ4v) is 1.62. The highest BCUT2D eigenvalue weighted by Gasteiger charge is 2.31. The minimum absolute atomic E-state index is 0.278. The largest absolute Gasteiger partial charge is 0.497 e. The molecule has 100 valence electrons. The van der Waals surface area contributed by atoms with Gasteiger partial charge in [0, 0.05) is 5.41 Å². The van der Waals surface area contributed by atoms with Crippen LogP contribution in [0.15, 0.2) is 35.0 Å². The van der Waals surface area contributed by atoms with E-state index in [1.54, 1.807) is 13.2 Å². The van der Waals surface area contributed by atoms with Crippen LogP contribution in [0.1, 0.15) is 26.3 Å². The van der Waals surface area contributed by atoms with Crippen LogP contribution in [0.2, 0.25) is 0 Å². The third kappa shape index (κ3) is 3.02. The minimum atomic E-state index is -0.409. The number of carbonyl (C=O) groups is 1. The number of carbonyl (C=O) groups excluding carboxylic acids is 1. The fraction of sp³-hybridized carbons (Fsp3) is 0.333. The first-order valence-corrected chi connectivity index (χ1v) is 6.07. The monoisotopic (exact) mass is 259 g/mol. The Kier molecular flexibility index (Phi) is 3.42. The molecule has 0 spiro atoms. The lowest BCUT2D eigenvalue weighted by Gasteiger charge is -2.15. The summed E-state index contributed by atoms with van der Waals surface area (Å²) in [6.45, 7) is 5.86. The number of ether oxygens (including phenoxy) is 2. The van der Waals surface area contributed by atoms with Crippen LogP contribution in [0, 0.1) is 5.41 Å². The Balaban J connectivity index is 2.33. The van der Waals surface area contributed by atoms with Crippen molar-refractivity contribution in [2.24, 2.45) is 10.4 Å². The van der Waals surface area contributed by atoms with Gasteiger partial charge >= 0.3 is 5.97 Å². The van der Waals surface area contributed by atoms with E-state index in [9.17, 15) is 4.79 Å². The van der Waals surface area contributed by atoms with Gasteiger partial charge in [0.15, 0.2) is 5.70 Å². The molecule has 0 radical (unpaired) electrons. The van der Waals surface area contributed by atoms with Crippen molar-refractivity contribution in [1.29, 1.82) is 0 Å². The molecular formula is C15H17NO3. The zero-order valence-corrected chi connectivity index (χ0v) is 11.6. The second-order valence-electron chi connectivity index (χ2n) is 5.36. The van der Waals surface area contributed by atoms with Gasteiger partial charge in [-0.3, -0.25) is 0 Å². The number of hydrogen-bond donors (Lipinski definition) is 0. The molecule has 0 amide bonds. The Morgan fingerprint density at radius 2 is 2.05 bits per heavy atom. The highest BCUT2D eigenvalue weighted by Crippen LogP contribution is 2.26. The number of esters is 1. The van der Waals surface area contributed by atoms with Crippen LogP contribution in [0.3, 0.4) is 0 Å². The van der Waals surface area contributed by atoms with Crippen molar-refractivity contribution in [3.05, 3.63) is 35.5 Å². The lowest BCUT2D eigenvalue weighted by molar-refractivity contribution is -0.130. The van der Waals surface area contributed by atoms with Gasteiger partial charge in [0.05, 0.1) is 7.11 Å². The average Bonchev–Trinajstić information content (AvgIpc) is 2.71. The Hall–Kier alpha value is -2.10. The van der Waals surface area contributed by atoms with E-state index < -0.39 is 5.97 Å². The van der Waals surface area contributed by atoms with Crippen LogP contribution in [-0.4, -0.2) is 19.0 Å². The summed E-state index contributed by atoms with van der Waals surface area (Å²) in [6.07, 6.45) is 1.70. The second-order valence-corrected chi connectivity index (χ2v) is 5.36. The van der Waals surface area contributed by atoms with Gasteiger partial charge in [0.1, 0.15) is 5.75 Å². The maximum atomic E-state index is 11.8. The van der Waals surface area contributed by atoms with Crippen LogP contribution >= 0.6 is 0 Å². The molecule has 0 saturated carbocycles. The molecule has 1 aliphatic heterocycles. The first-order chi connectivity index (χ1) is 8.90. The minimum Gasteiger partial charge on any atom is -0.497 e. The highest BCUT2D eigenvalue weighted by molar-refractivity contribution is 6.08. The smallest absolute Gasteiger partial charge is 0.363 e. The lowest BCUT2D eigenvalue weighted by atomic mass is 9.97. The van der Waals surface area contributed by atoms with E-state index in [-0.39, 0.29) is 5.41 Å². The Bertz CT molecular complexity index is 565. The quantitative estimate of drug-likeness (QED) is 0.606. The van der Waals surface area contributed by atoms with Gasteiger partial charge in [-0.2, -0.15) is 0 Å². The van der Waals surface area contributed by atoms with E-state index in [0.29, 0.717) is 11.6 Å². The average molecular weight is 259 g/mol. The van der Waals surface area contributed by atoms with Gasteiger partial charge < -0.3 is 9.47 Å². The third-order valence-electron chi connectivity index (χ3n) is 2.66. The van der Waals surface area contributed by atoms with Gasteiger partial charge in [-0.1, -0.05) is 32.9 Å². The van der Waals surface area contributed by atoms with Gasteiger partial charge in [0.25, 0.3) is 0 Å². The predicted molar refractivity (Wildman–Crippen MR) is 74.0 cm³/mol. The summed E-state index contributed by atoms with van der Waals surface area (Å²) in [5.74, 6) is 0.778. The van der Waals surface area contributed by atoms with Crippen LogP contribution in [0.25, 0.3) is 6.08 Å². The maximum Gasteiger partial charge on any atom is 0.363 e. The molecule has 0 saturated heterocycles. The molecule has 1 aliphatic rings. The summed E-state index contributed by atoms with van der Waals surface area (Å²) in [4.78, 5) is 16.0. The summed E-state index contributed by atoms with van der Waals surface area (Å²) < 4.78 is 10.3. The first kappa shape index (κ1) is 13.3. The number of benzene rings is 1. The zero-order chi connectivity index (χ0) is 14.0.